The van der Waals surface area contributed by atoms with E-state index in [9.17, 15) is 4.79 Å². The molecule has 2 aromatic carbocycles. The minimum Gasteiger partial charge on any atom is -0.490 e. The first-order valence-electron chi connectivity index (χ1n) is 8.24. The zero-order valence-corrected chi connectivity index (χ0v) is 15.5. The average Bonchev–Trinajstić information content (AvgIpc) is 2.93. The first-order chi connectivity index (χ1) is 12.5. The minimum atomic E-state index is -0.257. The van der Waals surface area contributed by atoms with E-state index in [1.54, 1.807) is 6.08 Å². The number of ether oxygens (including phenoxy) is 2. The molecule has 1 aliphatic heterocycles. The largest absolute Gasteiger partial charge is 0.490 e. The van der Waals surface area contributed by atoms with E-state index >= 15 is 0 Å². The summed E-state index contributed by atoms with van der Waals surface area (Å²) >= 11 is 1.11. The summed E-state index contributed by atoms with van der Waals surface area (Å²) in [5.74, 6) is 1.24. The minimum absolute atomic E-state index is 0.140. The summed E-state index contributed by atoms with van der Waals surface area (Å²) < 4.78 is 11.6. The van der Waals surface area contributed by atoms with Gasteiger partial charge in [-0.15, -0.1) is 0 Å². The van der Waals surface area contributed by atoms with Crippen LogP contribution in [-0.4, -0.2) is 24.3 Å². The molecule has 2 N–H and O–H groups in total. The summed E-state index contributed by atoms with van der Waals surface area (Å²) in [5, 5.41) is 10.1. The molecule has 0 atom stereocenters. The molecule has 2 aromatic rings. The molecule has 0 saturated carbocycles. The van der Waals surface area contributed by atoms with E-state index in [4.69, 9.17) is 14.9 Å². The average molecular weight is 368 g/mol. The van der Waals surface area contributed by atoms with E-state index < -0.39 is 0 Å². The molecule has 0 unspecified atom stereocenters. The van der Waals surface area contributed by atoms with Crippen molar-refractivity contribution in [3.8, 4) is 11.5 Å². The highest BCUT2D eigenvalue weighted by molar-refractivity contribution is 8.18. The number of carbonyl (C=O) groups is 1. The van der Waals surface area contributed by atoms with Gasteiger partial charge in [-0.2, -0.15) is 0 Å². The Morgan fingerprint density at radius 2 is 1.85 bits per heavy atom. The van der Waals surface area contributed by atoms with Gasteiger partial charge < -0.3 is 14.8 Å². The molecule has 5 nitrogen and oxygen atoms in total. The Bertz CT molecular complexity index is 877. The van der Waals surface area contributed by atoms with Crippen LogP contribution in [0.3, 0.4) is 0 Å². The number of benzene rings is 2. The summed E-state index contributed by atoms with van der Waals surface area (Å²) in [6.07, 6.45) is 1.74. The number of amidine groups is 1. The van der Waals surface area contributed by atoms with Gasteiger partial charge in [-0.25, -0.2) is 0 Å². The quantitative estimate of drug-likeness (QED) is 0.599. The predicted molar refractivity (Wildman–Crippen MR) is 105 cm³/mol. The van der Waals surface area contributed by atoms with Gasteiger partial charge in [0.2, 0.25) is 0 Å². The molecule has 134 valence electrons. The number of para-hydroxylation sites is 1. The lowest BCUT2D eigenvalue weighted by atomic mass is 10.1. The zero-order valence-electron chi connectivity index (χ0n) is 14.7. The molecule has 0 spiro atoms. The summed E-state index contributed by atoms with van der Waals surface area (Å²) in [4.78, 5) is 12.3. The molecule has 1 amide bonds. The van der Waals surface area contributed by atoms with Gasteiger partial charge >= 0.3 is 0 Å². The van der Waals surface area contributed by atoms with Crippen LogP contribution in [0.1, 0.15) is 16.7 Å². The van der Waals surface area contributed by atoms with Crippen LogP contribution in [0.2, 0.25) is 0 Å². The monoisotopic (exact) mass is 368 g/mol. The Hall–Kier alpha value is -2.73. The van der Waals surface area contributed by atoms with Gasteiger partial charge in [-0.1, -0.05) is 24.3 Å². The van der Waals surface area contributed by atoms with Crippen molar-refractivity contribution >= 4 is 28.9 Å². The second kappa shape index (κ2) is 8.10. The van der Waals surface area contributed by atoms with Crippen LogP contribution in [0.25, 0.3) is 6.08 Å². The van der Waals surface area contributed by atoms with Crippen LogP contribution in [0.15, 0.2) is 47.4 Å². The maximum atomic E-state index is 11.8. The Balaban J connectivity index is 1.60. The van der Waals surface area contributed by atoms with Gasteiger partial charge in [0.1, 0.15) is 24.7 Å². The number of aryl methyl sites for hydroxylation is 2. The third-order valence-corrected chi connectivity index (χ3v) is 4.79. The maximum absolute atomic E-state index is 11.8. The number of carbonyl (C=O) groups excluding carboxylic acids is 1. The predicted octanol–water partition coefficient (Wildman–Crippen LogP) is 3.90. The Kier molecular flexibility index (Phi) is 5.63. The fourth-order valence-corrected chi connectivity index (χ4v) is 3.12. The zero-order chi connectivity index (χ0) is 18.5. The van der Waals surface area contributed by atoms with Crippen LogP contribution in [-0.2, 0) is 4.79 Å². The summed E-state index contributed by atoms with van der Waals surface area (Å²) in [5.41, 5.74) is 3.22. The van der Waals surface area contributed by atoms with E-state index in [0.717, 1.165) is 23.1 Å². The van der Waals surface area contributed by atoms with Crippen LogP contribution in [0, 0.1) is 19.3 Å². The molecule has 26 heavy (non-hydrogen) atoms. The van der Waals surface area contributed by atoms with Crippen molar-refractivity contribution in [2.45, 2.75) is 13.8 Å². The standard InChI is InChI=1S/C20H20N2O3S/c1-13-7-8-16(11-14(13)2)24-9-10-25-17-6-4-3-5-15(17)12-18-19(23)22-20(21)26-18/h3-8,11-12H,9-10H2,1-2H3,(H2,21,22,23)/b18-12-. The molecule has 1 heterocycles. The highest BCUT2D eigenvalue weighted by atomic mass is 32.2. The van der Waals surface area contributed by atoms with E-state index in [2.05, 4.69) is 19.2 Å². The normalized spacial score (nSPS) is 15.2. The van der Waals surface area contributed by atoms with Crippen LogP contribution in [0.5, 0.6) is 11.5 Å². The fraction of sp³-hybridized carbons (Fsp3) is 0.200. The van der Waals surface area contributed by atoms with Crippen molar-refractivity contribution in [3.63, 3.8) is 0 Å². The summed E-state index contributed by atoms with van der Waals surface area (Å²) in [6.45, 7) is 4.94. The van der Waals surface area contributed by atoms with Crippen molar-refractivity contribution in [1.29, 1.82) is 5.41 Å². The van der Waals surface area contributed by atoms with Crippen LogP contribution >= 0.6 is 11.8 Å². The van der Waals surface area contributed by atoms with Gasteiger partial charge in [-0.3, -0.25) is 10.2 Å². The van der Waals surface area contributed by atoms with Crippen molar-refractivity contribution in [1.82, 2.24) is 5.32 Å². The third-order valence-electron chi connectivity index (χ3n) is 3.96. The van der Waals surface area contributed by atoms with E-state index in [1.165, 1.54) is 11.1 Å². The van der Waals surface area contributed by atoms with Crippen molar-refractivity contribution in [3.05, 3.63) is 64.1 Å². The SMILES string of the molecule is Cc1ccc(OCCOc2ccccc2/C=C2\SC(=N)NC2=O)cc1C. The topological polar surface area (TPSA) is 71.4 Å². The van der Waals surface area contributed by atoms with E-state index in [-0.39, 0.29) is 11.1 Å². The highest BCUT2D eigenvalue weighted by Crippen LogP contribution is 2.28. The van der Waals surface area contributed by atoms with Crippen molar-refractivity contribution in [2.24, 2.45) is 0 Å². The molecular formula is C20H20N2O3S. The van der Waals surface area contributed by atoms with Gasteiger partial charge in [0.15, 0.2) is 5.17 Å². The highest BCUT2D eigenvalue weighted by Gasteiger charge is 2.22. The lowest BCUT2D eigenvalue weighted by molar-refractivity contribution is -0.115. The molecule has 0 radical (unpaired) electrons. The molecule has 6 heteroatoms. The first kappa shape index (κ1) is 18.1. The fourth-order valence-electron chi connectivity index (χ4n) is 2.43. The maximum Gasteiger partial charge on any atom is 0.264 e. The number of amides is 1. The number of hydrogen-bond acceptors (Lipinski definition) is 5. The Labute approximate surface area is 156 Å². The first-order valence-corrected chi connectivity index (χ1v) is 9.06. The van der Waals surface area contributed by atoms with Crippen LogP contribution < -0.4 is 14.8 Å². The molecule has 1 saturated heterocycles. The van der Waals surface area contributed by atoms with Crippen molar-refractivity contribution < 1.29 is 14.3 Å². The third kappa shape index (κ3) is 4.46. The van der Waals surface area contributed by atoms with Crippen molar-refractivity contribution in [2.75, 3.05) is 13.2 Å². The summed E-state index contributed by atoms with van der Waals surface area (Å²) in [7, 11) is 0. The van der Waals surface area contributed by atoms with Gasteiger partial charge in [-0.05, 0) is 61.0 Å². The smallest absolute Gasteiger partial charge is 0.264 e. The second-order valence-electron chi connectivity index (χ2n) is 5.87. The lowest BCUT2D eigenvalue weighted by Crippen LogP contribution is -2.18. The molecular weight excluding hydrogens is 348 g/mol. The van der Waals surface area contributed by atoms with E-state index in [0.29, 0.717) is 23.9 Å². The van der Waals surface area contributed by atoms with Gasteiger partial charge in [0.25, 0.3) is 5.91 Å². The summed E-state index contributed by atoms with van der Waals surface area (Å²) in [6, 6.07) is 13.5. The molecule has 1 aliphatic rings. The molecule has 1 fully saturated rings. The number of thioether (sulfide) groups is 1. The van der Waals surface area contributed by atoms with Gasteiger partial charge in [0.05, 0.1) is 4.91 Å². The Morgan fingerprint density at radius 3 is 2.58 bits per heavy atom. The van der Waals surface area contributed by atoms with Crippen LogP contribution in [0.4, 0.5) is 0 Å². The second-order valence-corrected chi connectivity index (χ2v) is 6.93. The molecule has 0 aromatic heterocycles. The Morgan fingerprint density at radius 1 is 1.08 bits per heavy atom. The molecule has 0 aliphatic carbocycles. The van der Waals surface area contributed by atoms with E-state index in [1.807, 2.05) is 42.5 Å². The number of hydrogen-bond donors (Lipinski definition) is 2. The lowest BCUT2D eigenvalue weighted by Gasteiger charge is -2.11. The number of nitrogens with one attached hydrogen (secondary N) is 2. The number of rotatable bonds is 6. The molecule has 0 bridgehead atoms. The van der Waals surface area contributed by atoms with Gasteiger partial charge in [0, 0.05) is 5.56 Å². The molecule has 3 rings (SSSR count).